The van der Waals surface area contributed by atoms with E-state index in [-0.39, 0.29) is 18.0 Å². The van der Waals surface area contributed by atoms with Crippen molar-refractivity contribution < 1.29 is 4.79 Å². The smallest absolute Gasteiger partial charge is 0.237 e. The van der Waals surface area contributed by atoms with Crippen LogP contribution >= 0.6 is 0 Å². The van der Waals surface area contributed by atoms with Crippen molar-refractivity contribution in [2.45, 2.75) is 45.2 Å². The molecule has 0 saturated carbocycles. The third kappa shape index (κ3) is 3.33. The van der Waals surface area contributed by atoms with E-state index in [1.807, 2.05) is 6.07 Å². The Morgan fingerprint density at radius 1 is 1.50 bits per heavy atom. The number of nitrogens with one attached hydrogen (secondary N) is 2. The molecule has 0 aliphatic carbocycles. The molecule has 0 spiro atoms. The number of hydrogen-bond acceptors (Lipinski definition) is 2. The van der Waals surface area contributed by atoms with Crippen molar-refractivity contribution >= 4 is 5.91 Å². The highest BCUT2D eigenvalue weighted by atomic mass is 16.2. The molecular weight excluding hydrogens is 224 g/mol. The number of amides is 1. The summed E-state index contributed by atoms with van der Waals surface area (Å²) in [5.74, 6) is 0.147. The maximum atomic E-state index is 12.0. The first kappa shape index (κ1) is 13.1. The summed E-state index contributed by atoms with van der Waals surface area (Å²) in [6.07, 6.45) is 2.96. The molecule has 0 radical (unpaired) electrons. The van der Waals surface area contributed by atoms with Crippen LogP contribution in [0.25, 0.3) is 0 Å². The zero-order valence-corrected chi connectivity index (χ0v) is 11.2. The molecule has 1 aliphatic heterocycles. The van der Waals surface area contributed by atoms with E-state index in [0.717, 1.165) is 25.8 Å². The number of hydrogen-bond donors (Lipinski definition) is 2. The molecule has 1 unspecified atom stereocenters. The quantitative estimate of drug-likeness (QED) is 0.850. The van der Waals surface area contributed by atoms with Crippen molar-refractivity contribution in [1.29, 1.82) is 0 Å². The average molecular weight is 246 g/mol. The van der Waals surface area contributed by atoms with E-state index in [2.05, 4.69) is 42.7 Å². The first-order valence-electron chi connectivity index (χ1n) is 6.75. The molecule has 3 nitrogen and oxygen atoms in total. The lowest BCUT2D eigenvalue weighted by Gasteiger charge is -2.18. The van der Waals surface area contributed by atoms with Crippen LogP contribution in [0.2, 0.25) is 0 Å². The van der Waals surface area contributed by atoms with Gasteiger partial charge in [-0.3, -0.25) is 4.79 Å². The van der Waals surface area contributed by atoms with E-state index in [1.54, 1.807) is 0 Å². The third-order valence-electron chi connectivity index (χ3n) is 3.55. The predicted octanol–water partition coefficient (Wildman–Crippen LogP) is 1.79. The van der Waals surface area contributed by atoms with Gasteiger partial charge in [0.15, 0.2) is 0 Å². The minimum atomic E-state index is 0.0179. The summed E-state index contributed by atoms with van der Waals surface area (Å²) in [5.41, 5.74) is 2.60. The minimum Gasteiger partial charge on any atom is -0.352 e. The maximum Gasteiger partial charge on any atom is 0.237 e. The summed E-state index contributed by atoms with van der Waals surface area (Å²) < 4.78 is 0. The van der Waals surface area contributed by atoms with Gasteiger partial charge < -0.3 is 10.6 Å². The summed E-state index contributed by atoms with van der Waals surface area (Å²) in [6.45, 7) is 5.14. The highest BCUT2D eigenvalue weighted by Gasteiger charge is 2.22. The van der Waals surface area contributed by atoms with Gasteiger partial charge in [0.05, 0.1) is 6.04 Å². The minimum absolute atomic E-state index is 0.0179. The topological polar surface area (TPSA) is 41.1 Å². The van der Waals surface area contributed by atoms with Gasteiger partial charge in [-0.25, -0.2) is 0 Å². The SMILES string of the molecule is Cc1ccccc1CC(C)NC(=O)[C@@H]1CCCN1. The Morgan fingerprint density at radius 3 is 2.94 bits per heavy atom. The molecule has 1 amide bonds. The molecule has 2 N–H and O–H groups in total. The Kier molecular flexibility index (Phi) is 4.37. The second-order valence-electron chi connectivity index (χ2n) is 5.19. The summed E-state index contributed by atoms with van der Waals surface area (Å²) in [4.78, 5) is 12.0. The van der Waals surface area contributed by atoms with Gasteiger partial charge in [0.25, 0.3) is 0 Å². The van der Waals surface area contributed by atoms with Gasteiger partial charge >= 0.3 is 0 Å². The van der Waals surface area contributed by atoms with Crippen LogP contribution in [0.5, 0.6) is 0 Å². The second-order valence-corrected chi connectivity index (χ2v) is 5.19. The van der Waals surface area contributed by atoms with Gasteiger partial charge in [-0.05, 0) is 50.8 Å². The number of carbonyl (C=O) groups is 1. The van der Waals surface area contributed by atoms with Gasteiger partial charge in [0.2, 0.25) is 5.91 Å². The zero-order chi connectivity index (χ0) is 13.0. The first-order chi connectivity index (χ1) is 8.66. The fourth-order valence-corrected chi connectivity index (χ4v) is 2.47. The van der Waals surface area contributed by atoms with E-state index in [0.29, 0.717) is 0 Å². The van der Waals surface area contributed by atoms with Gasteiger partial charge in [-0.2, -0.15) is 0 Å². The van der Waals surface area contributed by atoms with Crippen LogP contribution in [0.4, 0.5) is 0 Å². The zero-order valence-electron chi connectivity index (χ0n) is 11.2. The number of benzene rings is 1. The largest absolute Gasteiger partial charge is 0.352 e. The molecule has 98 valence electrons. The summed E-state index contributed by atoms with van der Waals surface area (Å²) >= 11 is 0. The van der Waals surface area contributed by atoms with Crippen LogP contribution in [-0.2, 0) is 11.2 Å². The lowest BCUT2D eigenvalue weighted by molar-refractivity contribution is -0.123. The van der Waals surface area contributed by atoms with E-state index in [1.165, 1.54) is 11.1 Å². The molecule has 1 saturated heterocycles. The van der Waals surface area contributed by atoms with Crippen molar-refractivity contribution in [3.05, 3.63) is 35.4 Å². The van der Waals surface area contributed by atoms with Gasteiger partial charge in [0, 0.05) is 6.04 Å². The molecule has 1 fully saturated rings. The van der Waals surface area contributed by atoms with E-state index >= 15 is 0 Å². The molecule has 1 aliphatic rings. The van der Waals surface area contributed by atoms with Gasteiger partial charge in [-0.15, -0.1) is 0 Å². The number of carbonyl (C=O) groups excluding carboxylic acids is 1. The molecule has 3 heteroatoms. The lowest BCUT2D eigenvalue weighted by atomic mass is 10.0. The highest BCUT2D eigenvalue weighted by molar-refractivity contribution is 5.82. The Morgan fingerprint density at radius 2 is 2.28 bits per heavy atom. The van der Waals surface area contributed by atoms with Crippen LogP contribution in [0.3, 0.4) is 0 Å². The van der Waals surface area contributed by atoms with Gasteiger partial charge in [-0.1, -0.05) is 24.3 Å². The first-order valence-corrected chi connectivity index (χ1v) is 6.75. The lowest BCUT2D eigenvalue weighted by Crippen LogP contribution is -2.44. The van der Waals surface area contributed by atoms with Crippen LogP contribution in [0, 0.1) is 6.92 Å². The normalized spacial score (nSPS) is 20.7. The maximum absolute atomic E-state index is 12.0. The molecule has 0 aromatic heterocycles. The standard InChI is InChI=1S/C15H22N2O/c1-11-6-3-4-7-13(11)10-12(2)17-15(18)14-8-5-9-16-14/h3-4,6-7,12,14,16H,5,8-10H2,1-2H3,(H,17,18)/t12?,14-/m0/s1. The molecule has 0 bridgehead atoms. The Bertz CT molecular complexity index is 411. The average Bonchev–Trinajstić information content (AvgIpc) is 2.85. The van der Waals surface area contributed by atoms with Crippen molar-refractivity contribution in [3.8, 4) is 0 Å². The Labute approximate surface area is 109 Å². The summed E-state index contributed by atoms with van der Waals surface area (Å²) in [7, 11) is 0. The summed E-state index contributed by atoms with van der Waals surface area (Å²) in [6, 6.07) is 8.54. The summed E-state index contributed by atoms with van der Waals surface area (Å²) in [5, 5.41) is 6.32. The van der Waals surface area contributed by atoms with E-state index in [9.17, 15) is 4.79 Å². The molecule has 1 aromatic carbocycles. The van der Waals surface area contributed by atoms with Crippen molar-refractivity contribution in [2.75, 3.05) is 6.54 Å². The van der Waals surface area contributed by atoms with Crippen LogP contribution < -0.4 is 10.6 Å². The van der Waals surface area contributed by atoms with Crippen LogP contribution in [-0.4, -0.2) is 24.5 Å². The third-order valence-corrected chi connectivity index (χ3v) is 3.55. The van der Waals surface area contributed by atoms with Crippen LogP contribution in [0.1, 0.15) is 30.9 Å². The molecule has 18 heavy (non-hydrogen) atoms. The fraction of sp³-hybridized carbons (Fsp3) is 0.533. The number of rotatable bonds is 4. The van der Waals surface area contributed by atoms with E-state index < -0.39 is 0 Å². The Balaban J connectivity index is 1.86. The molecule has 1 heterocycles. The second kappa shape index (κ2) is 6.01. The van der Waals surface area contributed by atoms with Crippen molar-refractivity contribution in [3.63, 3.8) is 0 Å². The van der Waals surface area contributed by atoms with Gasteiger partial charge in [0.1, 0.15) is 0 Å². The molecular formula is C15H22N2O. The Hall–Kier alpha value is -1.35. The fourth-order valence-electron chi connectivity index (χ4n) is 2.47. The van der Waals surface area contributed by atoms with Crippen molar-refractivity contribution in [2.24, 2.45) is 0 Å². The van der Waals surface area contributed by atoms with Crippen molar-refractivity contribution in [1.82, 2.24) is 10.6 Å². The molecule has 1 aromatic rings. The molecule has 2 rings (SSSR count). The molecule has 2 atom stereocenters. The van der Waals surface area contributed by atoms with Crippen LogP contribution in [0.15, 0.2) is 24.3 Å². The van der Waals surface area contributed by atoms with E-state index in [4.69, 9.17) is 0 Å². The predicted molar refractivity (Wildman–Crippen MR) is 73.5 cm³/mol. The number of aryl methyl sites for hydroxylation is 1. The monoisotopic (exact) mass is 246 g/mol. The highest BCUT2D eigenvalue weighted by Crippen LogP contribution is 2.10.